The van der Waals surface area contributed by atoms with E-state index in [0.29, 0.717) is 24.0 Å². The maximum Gasteiger partial charge on any atom is 0.0250 e. The summed E-state index contributed by atoms with van der Waals surface area (Å²) in [6.45, 7) is 11.7. The molecule has 0 aromatic rings. The number of nitrogens with two attached hydrogens (primary N) is 1. The van der Waals surface area contributed by atoms with Crippen LogP contribution in [0.3, 0.4) is 0 Å². The molecule has 1 aliphatic rings. The first-order valence-electron chi connectivity index (χ1n) is 5.21. The molecule has 1 aliphatic heterocycles. The van der Waals surface area contributed by atoms with Gasteiger partial charge in [0.1, 0.15) is 0 Å². The molecule has 0 spiro atoms. The summed E-state index contributed by atoms with van der Waals surface area (Å²) in [5.74, 6) is 0.594. The van der Waals surface area contributed by atoms with E-state index in [4.69, 9.17) is 5.73 Å². The summed E-state index contributed by atoms with van der Waals surface area (Å²) in [5.41, 5.74) is 6.02. The first-order chi connectivity index (χ1) is 6.07. The van der Waals surface area contributed by atoms with E-state index in [1.807, 2.05) is 6.08 Å². The molecule has 2 N–H and O–H groups in total. The first-order valence-corrected chi connectivity index (χ1v) is 5.21. The highest BCUT2D eigenvalue weighted by molar-refractivity contribution is 4.93. The quantitative estimate of drug-likeness (QED) is 0.658. The average molecular weight is 182 g/mol. The molecule has 76 valence electrons. The highest BCUT2D eigenvalue weighted by Crippen LogP contribution is 2.24. The zero-order valence-corrected chi connectivity index (χ0v) is 9.03. The number of piperidine rings is 1. The van der Waals surface area contributed by atoms with Crippen LogP contribution in [0.25, 0.3) is 0 Å². The van der Waals surface area contributed by atoms with Crippen molar-refractivity contribution in [2.45, 2.75) is 45.3 Å². The molecular weight excluding hydrogens is 160 g/mol. The fourth-order valence-corrected chi connectivity index (χ4v) is 2.13. The molecule has 4 unspecified atom stereocenters. The fourth-order valence-electron chi connectivity index (χ4n) is 2.13. The SMILES string of the molecule is C=CC(C)N1CCC(N)C(C)C1C. The Morgan fingerprint density at radius 2 is 2.15 bits per heavy atom. The Bertz CT molecular complexity index is 179. The van der Waals surface area contributed by atoms with Crippen molar-refractivity contribution in [3.63, 3.8) is 0 Å². The number of rotatable bonds is 2. The molecule has 0 aliphatic carbocycles. The molecule has 1 rings (SSSR count). The minimum absolute atomic E-state index is 0.378. The number of nitrogens with zero attached hydrogens (tertiary/aromatic N) is 1. The second-order valence-corrected chi connectivity index (χ2v) is 4.27. The zero-order valence-electron chi connectivity index (χ0n) is 9.03. The van der Waals surface area contributed by atoms with Crippen molar-refractivity contribution in [2.75, 3.05) is 6.54 Å². The van der Waals surface area contributed by atoms with Crippen LogP contribution in [-0.2, 0) is 0 Å². The molecule has 1 saturated heterocycles. The van der Waals surface area contributed by atoms with Gasteiger partial charge in [-0.3, -0.25) is 4.90 Å². The molecule has 13 heavy (non-hydrogen) atoms. The van der Waals surface area contributed by atoms with Crippen molar-refractivity contribution in [2.24, 2.45) is 11.7 Å². The summed E-state index contributed by atoms with van der Waals surface area (Å²) in [4.78, 5) is 2.49. The molecule has 0 bridgehead atoms. The van der Waals surface area contributed by atoms with Crippen LogP contribution in [0.4, 0.5) is 0 Å². The predicted molar refractivity (Wildman–Crippen MR) is 57.6 cm³/mol. The van der Waals surface area contributed by atoms with Gasteiger partial charge in [-0.05, 0) is 26.2 Å². The van der Waals surface area contributed by atoms with Crippen LogP contribution in [0, 0.1) is 5.92 Å². The second kappa shape index (κ2) is 4.25. The summed E-state index contributed by atoms with van der Waals surface area (Å²) in [6.07, 6.45) is 3.13. The van der Waals surface area contributed by atoms with Gasteiger partial charge in [0.25, 0.3) is 0 Å². The standard InChI is InChI=1S/C11H22N2/c1-5-8(2)13-7-6-11(12)9(3)10(13)4/h5,8-11H,1,6-7,12H2,2-4H3. The van der Waals surface area contributed by atoms with E-state index in [1.54, 1.807) is 0 Å². The van der Waals surface area contributed by atoms with Gasteiger partial charge in [0.05, 0.1) is 0 Å². The van der Waals surface area contributed by atoms with Crippen molar-refractivity contribution < 1.29 is 0 Å². The molecule has 4 atom stereocenters. The van der Waals surface area contributed by atoms with Crippen molar-refractivity contribution in [1.29, 1.82) is 0 Å². The van der Waals surface area contributed by atoms with Crippen LogP contribution in [0.15, 0.2) is 12.7 Å². The molecular formula is C11H22N2. The molecule has 2 heteroatoms. The van der Waals surface area contributed by atoms with Gasteiger partial charge in [-0.1, -0.05) is 13.0 Å². The number of hydrogen-bond acceptors (Lipinski definition) is 2. The van der Waals surface area contributed by atoms with Gasteiger partial charge in [0.2, 0.25) is 0 Å². The Morgan fingerprint density at radius 3 is 2.69 bits per heavy atom. The Balaban J connectivity index is 2.63. The lowest BCUT2D eigenvalue weighted by atomic mass is 9.87. The fraction of sp³-hybridized carbons (Fsp3) is 0.818. The van der Waals surface area contributed by atoms with Crippen molar-refractivity contribution >= 4 is 0 Å². The minimum Gasteiger partial charge on any atom is -0.327 e. The van der Waals surface area contributed by atoms with Gasteiger partial charge >= 0.3 is 0 Å². The largest absolute Gasteiger partial charge is 0.327 e. The van der Waals surface area contributed by atoms with Crippen LogP contribution >= 0.6 is 0 Å². The smallest absolute Gasteiger partial charge is 0.0250 e. The van der Waals surface area contributed by atoms with Crippen molar-refractivity contribution in [3.8, 4) is 0 Å². The molecule has 0 aromatic heterocycles. The normalized spacial score (nSPS) is 38.6. The van der Waals surface area contributed by atoms with E-state index in [2.05, 4.69) is 32.3 Å². The lowest BCUT2D eigenvalue weighted by Crippen LogP contribution is -2.54. The molecule has 1 fully saturated rings. The lowest BCUT2D eigenvalue weighted by Gasteiger charge is -2.43. The van der Waals surface area contributed by atoms with Gasteiger partial charge in [-0.25, -0.2) is 0 Å². The van der Waals surface area contributed by atoms with Gasteiger partial charge < -0.3 is 5.73 Å². The third-order valence-electron chi connectivity index (χ3n) is 3.54. The highest BCUT2D eigenvalue weighted by Gasteiger charge is 2.31. The Hall–Kier alpha value is -0.340. The van der Waals surface area contributed by atoms with Crippen LogP contribution < -0.4 is 5.73 Å². The van der Waals surface area contributed by atoms with E-state index < -0.39 is 0 Å². The summed E-state index contributed by atoms with van der Waals surface area (Å²) in [5, 5.41) is 0. The molecule has 2 nitrogen and oxygen atoms in total. The van der Waals surface area contributed by atoms with Gasteiger partial charge in [0, 0.05) is 24.7 Å². The molecule has 0 aromatic carbocycles. The Labute approximate surface area is 81.8 Å². The molecule has 0 amide bonds. The van der Waals surface area contributed by atoms with E-state index >= 15 is 0 Å². The zero-order chi connectivity index (χ0) is 10.0. The maximum absolute atomic E-state index is 6.02. The van der Waals surface area contributed by atoms with Crippen LogP contribution in [0.2, 0.25) is 0 Å². The van der Waals surface area contributed by atoms with Crippen molar-refractivity contribution in [3.05, 3.63) is 12.7 Å². The van der Waals surface area contributed by atoms with Crippen LogP contribution in [-0.4, -0.2) is 29.6 Å². The summed E-state index contributed by atoms with van der Waals surface area (Å²) in [7, 11) is 0. The third kappa shape index (κ3) is 2.12. The van der Waals surface area contributed by atoms with Gasteiger partial charge in [-0.2, -0.15) is 0 Å². The Kier molecular flexibility index (Phi) is 3.51. The summed E-state index contributed by atoms with van der Waals surface area (Å²) < 4.78 is 0. The monoisotopic (exact) mass is 182 g/mol. The minimum atomic E-state index is 0.378. The first kappa shape index (κ1) is 10.7. The third-order valence-corrected chi connectivity index (χ3v) is 3.54. The predicted octanol–water partition coefficient (Wildman–Crippen LogP) is 1.62. The van der Waals surface area contributed by atoms with E-state index in [-0.39, 0.29) is 0 Å². The topological polar surface area (TPSA) is 29.3 Å². The lowest BCUT2D eigenvalue weighted by molar-refractivity contribution is 0.0797. The summed E-state index contributed by atoms with van der Waals surface area (Å²) >= 11 is 0. The Morgan fingerprint density at radius 1 is 1.54 bits per heavy atom. The maximum atomic E-state index is 6.02. The van der Waals surface area contributed by atoms with Crippen molar-refractivity contribution in [1.82, 2.24) is 4.90 Å². The van der Waals surface area contributed by atoms with Crippen LogP contribution in [0.1, 0.15) is 27.2 Å². The van der Waals surface area contributed by atoms with Gasteiger partial charge in [0.15, 0.2) is 0 Å². The highest BCUT2D eigenvalue weighted by atomic mass is 15.2. The number of likely N-dealkylation sites (tertiary alicyclic amines) is 1. The molecule has 0 saturated carbocycles. The average Bonchev–Trinajstić information content (AvgIpc) is 2.13. The second-order valence-electron chi connectivity index (χ2n) is 4.27. The molecule has 0 radical (unpaired) electrons. The molecule has 1 heterocycles. The summed E-state index contributed by atoms with van der Waals surface area (Å²) in [6, 6.07) is 1.44. The van der Waals surface area contributed by atoms with E-state index in [9.17, 15) is 0 Å². The number of hydrogen-bond donors (Lipinski definition) is 1. The van der Waals surface area contributed by atoms with E-state index in [1.165, 1.54) is 0 Å². The van der Waals surface area contributed by atoms with Gasteiger partial charge in [-0.15, -0.1) is 6.58 Å². The van der Waals surface area contributed by atoms with E-state index in [0.717, 1.165) is 13.0 Å². The van der Waals surface area contributed by atoms with Crippen LogP contribution in [0.5, 0.6) is 0 Å².